The smallest absolute Gasteiger partial charge is 0.335 e. The molecule has 25 heavy (non-hydrogen) atoms. The van der Waals surface area contributed by atoms with E-state index in [1.54, 1.807) is 0 Å². The molecule has 3 aromatic rings. The Hall–Kier alpha value is -2.13. The van der Waals surface area contributed by atoms with E-state index in [-0.39, 0.29) is 12.8 Å². The molecule has 1 unspecified atom stereocenters. The Kier molecular flexibility index (Phi) is 4.34. The minimum Gasteiger partial charge on any atom is -0.488 e. The highest BCUT2D eigenvalue weighted by Crippen LogP contribution is 2.54. The minimum atomic E-state index is -3.10. The Morgan fingerprint density at radius 2 is 1.84 bits per heavy atom. The first kappa shape index (κ1) is 16.3. The molecule has 3 aromatic carbocycles. The van der Waals surface area contributed by atoms with Crippen LogP contribution in [-0.2, 0) is 33.0 Å². The van der Waals surface area contributed by atoms with E-state index in [9.17, 15) is 4.57 Å². The fourth-order valence-electron chi connectivity index (χ4n) is 3.19. The van der Waals surface area contributed by atoms with Gasteiger partial charge in [0.2, 0.25) is 0 Å². The van der Waals surface area contributed by atoms with Gasteiger partial charge in [-0.2, -0.15) is 0 Å². The Morgan fingerprint density at radius 3 is 2.64 bits per heavy atom. The van der Waals surface area contributed by atoms with E-state index in [0.717, 1.165) is 33.2 Å². The Labute approximate surface area is 146 Å². The molecule has 0 saturated heterocycles. The lowest BCUT2D eigenvalue weighted by molar-refractivity contribution is 0.227. The van der Waals surface area contributed by atoms with Gasteiger partial charge in [0.15, 0.2) is 0 Å². The first-order valence-electron chi connectivity index (χ1n) is 8.18. The highest BCUT2D eigenvalue weighted by atomic mass is 31.2. The van der Waals surface area contributed by atoms with Gasteiger partial charge in [0.05, 0.1) is 12.8 Å². The van der Waals surface area contributed by atoms with Crippen LogP contribution in [0.2, 0.25) is 0 Å². The third-order valence-corrected chi connectivity index (χ3v) is 6.28. The Balaban J connectivity index is 1.74. The first-order chi connectivity index (χ1) is 12.2. The third kappa shape index (κ3) is 3.21. The van der Waals surface area contributed by atoms with Crippen LogP contribution in [0.5, 0.6) is 5.75 Å². The average Bonchev–Trinajstić information content (AvgIpc) is 2.80. The summed E-state index contributed by atoms with van der Waals surface area (Å²) in [6.07, 6.45) is 0.274. The van der Waals surface area contributed by atoms with Crippen molar-refractivity contribution in [2.45, 2.75) is 19.4 Å². The van der Waals surface area contributed by atoms with E-state index in [1.165, 1.54) is 7.11 Å². The summed E-state index contributed by atoms with van der Waals surface area (Å²) in [5.41, 5.74) is 3.10. The molecule has 4 nitrogen and oxygen atoms in total. The molecule has 0 amide bonds. The summed E-state index contributed by atoms with van der Waals surface area (Å²) in [4.78, 5) is 0. The number of hydrogen-bond donors (Lipinski definition) is 0. The van der Waals surface area contributed by atoms with Gasteiger partial charge in [-0.25, -0.2) is 0 Å². The summed E-state index contributed by atoms with van der Waals surface area (Å²) in [5.74, 6) is 0.818. The van der Waals surface area contributed by atoms with Gasteiger partial charge in [0.25, 0.3) is 0 Å². The lowest BCUT2D eigenvalue weighted by Crippen LogP contribution is -1.97. The summed E-state index contributed by atoms with van der Waals surface area (Å²) >= 11 is 0. The molecule has 4 rings (SSSR count). The predicted octanol–water partition coefficient (Wildman–Crippen LogP) is 5.29. The molecule has 0 fully saturated rings. The molecule has 0 bridgehead atoms. The SMILES string of the molecule is COP1(=O)Cc2cccc3c(OCc4ccccc4)ccc(c23)CO1. The maximum absolute atomic E-state index is 12.7. The summed E-state index contributed by atoms with van der Waals surface area (Å²) in [7, 11) is -1.66. The van der Waals surface area contributed by atoms with E-state index in [2.05, 4.69) is 0 Å². The minimum absolute atomic E-state index is 0.274. The van der Waals surface area contributed by atoms with Gasteiger partial charge in [-0.05, 0) is 28.1 Å². The molecule has 1 aliphatic heterocycles. The molecule has 0 N–H and O–H groups in total. The van der Waals surface area contributed by atoms with Crippen molar-refractivity contribution in [1.29, 1.82) is 0 Å². The zero-order valence-corrected chi connectivity index (χ0v) is 14.9. The molecule has 1 aliphatic rings. The Bertz CT molecular complexity index is 953. The number of hydrogen-bond acceptors (Lipinski definition) is 4. The highest BCUT2D eigenvalue weighted by Gasteiger charge is 2.29. The van der Waals surface area contributed by atoms with Crippen molar-refractivity contribution in [1.82, 2.24) is 0 Å². The topological polar surface area (TPSA) is 44.8 Å². The van der Waals surface area contributed by atoms with Crippen molar-refractivity contribution in [3.8, 4) is 5.75 Å². The van der Waals surface area contributed by atoms with Crippen LogP contribution in [0.4, 0.5) is 0 Å². The quantitative estimate of drug-likeness (QED) is 0.597. The van der Waals surface area contributed by atoms with Gasteiger partial charge in [-0.3, -0.25) is 4.57 Å². The van der Waals surface area contributed by atoms with Crippen molar-refractivity contribution in [3.05, 3.63) is 77.4 Å². The van der Waals surface area contributed by atoms with Gasteiger partial charge >= 0.3 is 7.60 Å². The van der Waals surface area contributed by atoms with Crippen LogP contribution < -0.4 is 4.74 Å². The molecular weight excluding hydrogens is 335 g/mol. The summed E-state index contributed by atoms with van der Waals surface area (Å²) < 4.78 is 29.4. The van der Waals surface area contributed by atoms with Crippen LogP contribution in [0.15, 0.2) is 60.7 Å². The molecule has 1 atom stereocenters. The Morgan fingerprint density at radius 1 is 1.00 bits per heavy atom. The fourth-order valence-corrected chi connectivity index (χ4v) is 4.53. The molecule has 0 spiro atoms. The number of benzene rings is 3. The van der Waals surface area contributed by atoms with Crippen molar-refractivity contribution < 1.29 is 18.3 Å². The maximum atomic E-state index is 12.7. The lowest BCUT2D eigenvalue weighted by Gasteiger charge is -2.13. The first-order valence-corrected chi connectivity index (χ1v) is 9.91. The second-order valence-corrected chi connectivity index (χ2v) is 8.22. The summed E-state index contributed by atoms with van der Waals surface area (Å²) in [5, 5.41) is 2.07. The predicted molar refractivity (Wildman–Crippen MR) is 97.8 cm³/mol. The second-order valence-electron chi connectivity index (χ2n) is 6.06. The van der Waals surface area contributed by atoms with Gasteiger partial charge < -0.3 is 13.8 Å². The average molecular weight is 354 g/mol. The molecule has 128 valence electrons. The van der Waals surface area contributed by atoms with Gasteiger partial charge in [-0.15, -0.1) is 0 Å². The molecule has 0 aromatic heterocycles. The molecule has 0 radical (unpaired) electrons. The fraction of sp³-hybridized carbons (Fsp3) is 0.200. The van der Waals surface area contributed by atoms with Crippen LogP contribution in [-0.4, -0.2) is 7.11 Å². The molecule has 5 heteroatoms. The molecule has 0 saturated carbocycles. The third-order valence-electron chi connectivity index (χ3n) is 4.47. The molecule has 1 heterocycles. The van der Waals surface area contributed by atoms with Gasteiger partial charge in [0.1, 0.15) is 12.4 Å². The van der Waals surface area contributed by atoms with Crippen molar-refractivity contribution in [3.63, 3.8) is 0 Å². The van der Waals surface area contributed by atoms with E-state index in [0.29, 0.717) is 6.61 Å². The van der Waals surface area contributed by atoms with Crippen molar-refractivity contribution in [2.75, 3.05) is 7.11 Å². The summed E-state index contributed by atoms with van der Waals surface area (Å²) in [6, 6.07) is 20.0. The number of ether oxygens (including phenoxy) is 1. The van der Waals surface area contributed by atoms with E-state index in [4.69, 9.17) is 13.8 Å². The standard InChI is InChI=1S/C20H19O4P/c1-22-25(21)14-17-8-5-9-18-19(11-10-16(13-24-25)20(17)18)23-12-15-6-3-2-4-7-15/h2-11H,12-14H2,1H3. The maximum Gasteiger partial charge on any atom is 0.335 e. The molecule has 0 aliphatic carbocycles. The second kappa shape index (κ2) is 6.64. The zero-order valence-electron chi connectivity index (χ0n) is 14.0. The van der Waals surface area contributed by atoms with E-state index < -0.39 is 7.60 Å². The highest BCUT2D eigenvalue weighted by molar-refractivity contribution is 7.53. The van der Waals surface area contributed by atoms with Crippen LogP contribution >= 0.6 is 7.60 Å². The zero-order chi connectivity index (χ0) is 17.3. The number of rotatable bonds is 4. The monoisotopic (exact) mass is 354 g/mol. The normalized spacial score (nSPS) is 19.6. The van der Waals surface area contributed by atoms with E-state index in [1.807, 2.05) is 60.7 Å². The van der Waals surface area contributed by atoms with Crippen LogP contribution in [0.25, 0.3) is 10.8 Å². The van der Waals surface area contributed by atoms with Crippen LogP contribution in [0, 0.1) is 0 Å². The summed E-state index contributed by atoms with van der Waals surface area (Å²) in [6.45, 7) is 0.782. The van der Waals surface area contributed by atoms with Crippen LogP contribution in [0.3, 0.4) is 0 Å². The van der Waals surface area contributed by atoms with E-state index >= 15 is 0 Å². The van der Waals surface area contributed by atoms with Gasteiger partial charge in [0, 0.05) is 12.5 Å². The lowest BCUT2D eigenvalue weighted by atomic mass is 9.99. The van der Waals surface area contributed by atoms with Crippen molar-refractivity contribution >= 4 is 18.4 Å². The van der Waals surface area contributed by atoms with Gasteiger partial charge in [-0.1, -0.05) is 54.6 Å². The van der Waals surface area contributed by atoms with Crippen molar-refractivity contribution in [2.24, 2.45) is 0 Å². The van der Waals surface area contributed by atoms with Crippen LogP contribution in [0.1, 0.15) is 16.7 Å². The largest absolute Gasteiger partial charge is 0.488 e. The molecular formula is C20H19O4P.